The number of rotatable bonds is 5. The predicted molar refractivity (Wildman–Crippen MR) is 138 cm³/mol. The molecule has 3 aliphatic heterocycles. The SMILES string of the molecule is CC(=O)N1CCc2c(sc(NC(=O)c3ccc(S(=O)(=O)N4CCOCC4)cc3)c2C(=O)N2CCCC2)C1. The second-order valence-corrected chi connectivity index (χ2v) is 12.4. The number of likely N-dealkylation sites (tertiary alicyclic amines) is 1. The Hall–Kier alpha value is -2.80. The molecule has 37 heavy (non-hydrogen) atoms. The molecule has 1 aromatic carbocycles. The fraction of sp³-hybridized carbons (Fsp3) is 0.480. The highest BCUT2D eigenvalue weighted by molar-refractivity contribution is 7.89. The van der Waals surface area contributed by atoms with Crippen LogP contribution in [-0.4, -0.2) is 86.2 Å². The maximum Gasteiger partial charge on any atom is 0.257 e. The van der Waals surface area contributed by atoms with E-state index in [9.17, 15) is 22.8 Å². The van der Waals surface area contributed by atoms with Crippen LogP contribution in [0.2, 0.25) is 0 Å². The van der Waals surface area contributed by atoms with Gasteiger partial charge in [0.2, 0.25) is 15.9 Å². The van der Waals surface area contributed by atoms with Gasteiger partial charge in [-0.05, 0) is 49.1 Å². The largest absolute Gasteiger partial charge is 0.379 e. The Balaban J connectivity index is 1.39. The summed E-state index contributed by atoms with van der Waals surface area (Å²) in [5.74, 6) is -0.537. The van der Waals surface area contributed by atoms with Crippen molar-refractivity contribution in [3.8, 4) is 0 Å². The summed E-state index contributed by atoms with van der Waals surface area (Å²) in [6.45, 7) is 5.15. The van der Waals surface area contributed by atoms with Crippen molar-refractivity contribution >= 4 is 44.1 Å². The first kappa shape index (κ1) is 25.8. The number of anilines is 1. The summed E-state index contributed by atoms with van der Waals surface area (Å²) in [5, 5.41) is 3.38. The third-order valence-electron chi connectivity index (χ3n) is 7.06. The predicted octanol–water partition coefficient (Wildman–Crippen LogP) is 2.16. The summed E-state index contributed by atoms with van der Waals surface area (Å²) in [6, 6.07) is 5.83. The fourth-order valence-corrected chi connectivity index (χ4v) is 7.61. The van der Waals surface area contributed by atoms with Gasteiger partial charge in [0.1, 0.15) is 5.00 Å². The molecule has 12 heteroatoms. The summed E-state index contributed by atoms with van der Waals surface area (Å²) in [6.07, 6.45) is 2.47. The Morgan fingerprint density at radius 3 is 2.27 bits per heavy atom. The number of sulfonamides is 1. The Labute approximate surface area is 220 Å². The number of benzene rings is 1. The molecule has 0 aliphatic carbocycles. The minimum absolute atomic E-state index is 0.0239. The van der Waals surface area contributed by atoms with Gasteiger partial charge in [-0.25, -0.2) is 8.42 Å². The van der Waals surface area contributed by atoms with Gasteiger partial charge in [-0.2, -0.15) is 4.31 Å². The molecule has 1 aromatic heterocycles. The standard InChI is InChI=1S/C25H30N4O6S2/c1-17(30)28-11-8-20-21(16-28)36-24(22(20)25(32)27-9-2-3-10-27)26-23(31)18-4-6-19(7-5-18)37(33,34)29-12-14-35-15-13-29/h4-7H,2-3,8-16H2,1H3,(H,26,31). The Kier molecular flexibility index (Phi) is 7.35. The maximum atomic E-state index is 13.5. The lowest BCUT2D eigenvalue weighted by Crippen LogP contribution is -2.40. The van der Waals surface area contributed by atoms with E-state index < -0.39 is 15.9 Å². The quantitative estimate of drug-likeness (QED) is 0.615. The number of ether oxygens (including phenoxy) is 1. The Morgan fingerprint density at radius 1 is 0.946 bits per heavy atom. The lowest BCUT2D eigenvalue weighted by atomic mass is 10.0. The van der Waals surface area contributed by atoms with Gasteiger partial charge in [0.05, 0.1) is 30.2 Å². The Morgan fingerprint density at radius 2 is 1.62 bits per heavy atom. The molecule has 0 atom stereocenters. The topological polar surface area (TPSA) is 116 Å². The van der Waals surface area contributed by atoms with E-state index in [-0.39, 0.29) is 22.3 Å². The van der Waals surface area contributed by atoms with Crippen LogP contribution in [0.5, 0.6) is 0 Å². The lowest BCUT2D eigenvalue weighted by molar-refractivity contribution is -0.129. The third-order valence-corrected chi connectivity index (χ3v) is 10.1. The van der Waals surface area contributed by atoms with Crippen molar-refractivity contribution < 1.29 is 27.5 Å². The molecular weight excluding hydrogens is 516 g/mol. The van der Waals surface area contributed by atoms with Crippen LogP contribution < -0.4 is 5.32 Å². The third kappa shape index (κ3) is 5.15. The van der Waals surface area contributed by atoms with Crippen molar-refractivity contribution in [2.45, 2.75) is 37.6 Å². The van der Waals surface area contributed by atoms with Crippen molar-refractivity contribution in [1.82, 2.24) is 14.1 Å². The molecule has 0 radical (unpaired) electrons. The molecule has 0 saturated carbocycles. The van der Waals surface area contributed by atoms with Crippen molar-refractivity contribution in [3.63, 3.8) is 0 Å². The van der Waals surface area contributed by atoms with Gasteiger partial charge in [-0.1, -0.05) is 0 Å². The average Bonchev–Trinajstić information content (AvgIpc) is 3.56. The summed E-state index contributed by atoms with van der Waals surface area (Å²) in [5.41, 5.74) is 1.71. The van der Waals surface area contributed by atoms with Gasteiger partial charge in [0.15, 0.2) is 0 Å². The molecule has 2 fully saturated rings. The molecule has 0 spiro atoms. The Bertz CT molecular complexity index is 1310. The van der Waals surface area contributed by atoms with Gasteiger partial charge < -0.3 is 19.9 Å². The molecule has 3 amide bonds. The summed E-state index contributed by atoms with van der Waals surface area (Å²) in [7, 11) is -3.66. The van der Waals surface area contributed by atoms with Crippen molar-refractivity contribution in [1.29, 1.82) is 0 Å². The molecule has 0 bridgehead atoms. The second-order valence-electron chi connectivity index (χ2n) is 9.39. The van der Waals surface area contributed by atoms with Crippen LogP contribution in [0, 0.1) is 0 Å². The first-order valence-corrected chi connectivity index (χ1v) is 14.7. The number of nitrogens with zero attached hydrogens (tertiary/aromatic N) is 3. The van der Waals surface area contributed by atoms with Gasteiger partial charge >= 0.3 is 0 Å². The average molecular weight is 547 g/mol. The number of fused-ring (bicyclic) bond motifs is 1. The number of carbonyl (C=O) groups excluding carboxylic acids is 3. The van der Waals surface area contributed by atoms with Crippen LogP contribution in [0.25, 0.3) is 0 Å². The first-order valence-electron chi connectivity index (χ1n) is 12.4. The van der Waals surface area contributed by atoms with E-state index in [1.165, 1.54) is 46.8 Å². The molecule has 3 aliphatic rings. The van der Waals surface area contributed by atoms with Crippen molar-refractivity contribution in [3.05, 3.63) is 45.8 Å². The number of morpholine rings is 1. The van der Waals surface area contributed by atoms with Crippen LogP contribution >= 0.6 is 11.3 Å². The van der Waals surface area contributed by atoms with Crippen LogP contribution in [0.1, 0.15) is 50.9 Å². The first-order chi connectivity index (χ1) is 17.8. The normalized spacial score (nSPS) is 18.5. The van der Waals surface area contributed by atoms with Crippen LogP contribution in [0.4, 0.5) is 5.00 Å². The lowest BCUT2D eigenvalue weighted by Gasteiger charge is -2.26. The summed E-state index contributed by atoms with van der Waals surface area (Å²) < 4.78 is 32.4. The molecule has 0 unspecified atom stereocenters. The maximum absolute atomic E-state index is 13.5. The number of thiophene rings is 1. The zero-order valence-corrected chi connectivity index (χ0v) is 22.3. The van der Waals surface area contributed by atoms with Gasteiger partial charge in [0.25, 0.3) is 11.8 Å². The fourth-order valence-electron chi connectivity index (χ4n) is 4.95. The van der Waals surface area contributed by atoms with Crippen LogP contribution in [0.15, 0.2) is 29.2 Å². The molecule has 2 aromatic rings. The highest BCUT2D eigenvalue weighted by atomic mass is 32.2. The zero-order valence-electron chi connectivity index (χ0n) is 20.7. The molecule has 5 rings (SSSR count). The number of hydrogen-bond donors (Lipinski definition) is 1. The smallest absolute Gasteiger partial charge is 0.257 e. The van der Waals surface area contributed by atoms with E-state index in [0.29, 0.717) is 69.5 Å². The molecule has 2 saturated heterocycles. The minimum atomic E-state index is -3.66. The number of carbonyl (C=O) groups is 3. The molecule has 198 valence electrons. The van der Waals surface area contributed by atoms with Crippen LogP contribution in [-0.2, 0) is 32.5 Å². The second kappa shape index (κ2) is 10.5. The highest BCUT2D eigenvalue weighted by Crippen LogP contribution is 2.38. The molecule has 10 nitrogen and oxygen atoms in total. The summed E-state index contributed by atoms with van der Waals surface area (Å²) in [4.78, 5) is 43.2. The van der Waals surface area contributed by atoms with Crippen molar-refractivity contribution in [2.75, 3.05) is 51.3 Å². The van der Waals surface area contributed by atoms with E-state index in [0.717, 1.165) is 23.3 Å². The van der Waals surface area contributed by atoms with E-state index >= 15 is 0 Å². The van der Waals surface area contributed by atoms with E-state index in [2.05, 4.69) is 5.32 Å². The summed E-state index contributed by atoms with van der Waals surface area (Å²) >= 11 is 1.33. The van der Waals surface area contributed by atoms with Gasteiger partial charge in [-0.3, -0.25) is 14.4 Å². The van der Waals surface area contributed by atoms with Gasteiger partial charge in [0, 0.05) is 50.1 Å². The van der Waals surface area contributed by atoms with E-state index in [4.69, 9.17) is 4.74 Å². The zero-order chi connectivity index (χ0) is 26.2. The minimum Gasteiger partial charge on any atom is -0.379 e. The monoisotopic (exact) mass is 546 g/mol. The number of amides is 3. The van der Waals surface area contributed by atoms with E-state index in [1.807, 2.05) is 4.90 Å². The molecular formula is C25H30N4O6S2. The molecule has 4 heterocycles. The highest BCUT2D eigenvalue weighted by Gasteiger charge is 2.33. The van der Waals surface area contributed by atoms with Gasteiger partial charge in [-0.15, -0.1) is 11.3 Å². The van der Waals surface area contributed by atoms with E-state index in [1.54, 1.807) is 4.90 Å². The molecule has 1 N–H and O–H groups in total. The number of hydrogen-bond acceptors (Lipinski definition) is 7. The number of nitrogens with one attached hydrogen (secondary N) is 1. The van der Waals surface area contributed by atoms with Crippen LogP contribution in [0.3, 0.4) is 0 Å². The van der Waals surface area contributed by atoms with Crippen molar-refractivity contribution in [2.24, 2.45) is 0 Å².